The van der Waals surface area contributed by atoms with Gasteiger partial charge in [-0.2, -0.15) is 16.1 Å². The monoisotopic (exact) mass is 595 g/mol. The highest BCUT2D eigenvalue weighted by atomic mass is 35.5. The Morgan fingerprint density at radius 3 is 2.36 bits per heavy atom. The van der Waals surface area contributed by atoms with E-state index in [1.165, 1.54) is 28.6 Å². The van der Waals surface area contributed by atoms with Gasteiger partial charge in [0.1, 0.15) is 6.54 Å². The molecule has 1 saturated heterocycles. The van der Waals surface area contributed by atoms with Gasteiger partial charge in [0.25, 0.3) is 0 Å². The highest BCUT2D eigenvalue weighted by Crippen LogP contribution is 2.25. The van der Waals surface area contributed by atoms with E-state index in [0.717, 1.165) is 16.1 Å². The Bertz CT molecular complexity index is 1270. The summed E-state index contributed by atoms with van der Waals surface area (Å²) < 4.78 is 57.8. The van der Waals surface area contributed by atoms with Crippen molar-refractivity contribution in [3.63, 3.8) is 0 Å². The summed E-state index contributed by atoms with van der Waals surface area (Å²) in [6.07, 6.45) is 0.990. The van der Waals surface area contributed by atoms with E-state index >= 15 is 0 Å². The van der Waals surface area contributed by atoms with E-state index in [-0.39, 0.29) is 23.7 Å². The van der Waals surface area contributed by atoms with Crippen molar-refractivity contribution < 1.29 is 26.4 Å². The molecule has 1 amide bonds. The predicted molar refractivity (Wildman–Crippen MR) is 144 cm³/mol. The first-order chi connectivity index (χ1) is 17.0. The Hall–Kier alpha value is -1.54. The van der Waals surface area contributed by atoms with Crippen LogP contribution in [0.25, 0.3) is 0 Å². The Morgan fingerprint density at radius 1 is 1.08 bits per heavy atom. The minimum absolute atomic E-state index is 0.0452. The van der Waals surface area contributed by atoms with Gasteiger partial charge in [0.2, 0.25) is 26.0 Å². The summed E-state index contributed by atoms with van der Waals surface area (Å²) in [4.78, 5) is 12.5. The average molecular weight is 597 g/mol. The van der Waals surface area contributed by atoms with Crippen LogP contribution in [-0.2, 0) is 35.3 Å². The molecule has 1 N–H and O–H groups in total. The van der Waals surface area contributed by atoms with Gasteiger partial charge in [0, 0.05) is 41.2 Å². The van der Waals surface area contributed by atoms with Crippen LogP contribution in [0.1, 0.15) is 5.56 Å². The first-order valence-electron chi connectivity index (χ1n) is 10.9. The predicted octanol–water partition coefficient (Wildman–Crippen LogP) is 2.83. The molecule has 36 heavy (non-hydrogen) atoms. The number of carbonyl (C=O) groups excluding carboxylic acids is 1. The summed E-state index contributed by atoms with van der Waals surface area (Å²) in [7, 11) is -7.51. The number of carbonyl (C=O) groups is 1. The third kappa shape index (κ3) is 7.98. The van der Waals surface area contributed by atoms with Crippen molar-refractivity contribution in [2.24, 2.45) is 0 Å². The van der Waals surface area contributed by atoms with Crippen molar-refractivity contribution in [2.75, 3.05) is 55.7 Å². The molecule has 1 fully saturated rings. The summed E-state index contributed by atoms with van der Waals surface area (Å²) in [5, 5.41) is 3.84. The Labute approximate surface area is 226 Å². The fourth-order valence-corrected chi connectivity index (χ4v) is 7.07. The summed E-state index contributed by atoms with van der Waals surface area (Å²) in [6, 6.07) is 10.7. The summed E-state index contributed by atoms with van der Waals surface area (Å²) in [5.74, 6) is 0.759. The van der Waals surface area contributed by atoms with Crippen LogP contribution in [0.2, 0.25) is 10.0 Å². The molecule has 1 heterocycles. The van der Waals surface area contributed by atoms with E-state index < -0.39 is 32.5 Å². The average Bonchev–Trinajstić information content (AvgIpc) is 2.83. The van der Waals surface area contributed by atoms with Gasteiger partial charge in [0.05, 0.1) is 30.1 Å². The maximum Gasteiger partial charge on any atom is 0.243 e. The molecule has 2 aromatic rings. The van der Waals surface area contributed by atoms with E-state index in [1.807, 2.05) is 6.07 Å². The molecule has 0 atom stereocenters. The summed E-state index contributed by atoms with van der Waals surface area (Å²) >= 11 is 13.6. The first-order valence-corrected chi connectivity index (χ1v) is 16.1. The number of morpholine rings is 1. The SMILES string of the molecule is CS(=O)(=O)N(CC(=O)NCCSCc1ccc(Cl)cc1Cl)c1ccc(S(=O)(=O)N2CCOCC2)cc1. The normalized spacial score (nSPS) is 15.0. The highest BCUT2D eigenvalue weighted by Gasteiger charge is 2.27. The molecule has 9 nitrogen and oxygen atoms in total. The summed E-state index contributed by atoms with van der Waals surface area (Å²) in [6.45, 7) is 1.06. The number of hydrogen-bond donors (Lipinski definition) is 1. The number of hydrogen-bond acceptors (Lipinski definition) is 7. The van der Waals surface area contributed by atoms with Crippen LogP contribution in [0.5, 0.6) is 0 Å². The van der Waals surface area contributed by atoms with Gasteiger partial charge in [-0.15, -0.1) is 0 Å². The number of thioether (sulfide) groups is 1. The second-order valence-corrected chi connectivity index (χ2v) is 13.7. The molecule has 0 spiro atoms. The summed E-state index contributed by atoms with van der Waals surface area (Å²) in [5.41, 5.74) is 1.13. The van der Waals surface area contributed by atoms with E-state index in [1.54, 1.807) is 23.9 Å². The standard InChI is InChI=1S/C22H27Cl2N3O6S3/c1-35(29,30)27(15-22(28)25-8-13-34-16-17-2-3-18(23)14-21(17)24)19-4-6-20(7-5-19)36(31,32)26-9-11-33-12-10-26/h2-7,14H,8-13,15-16H2,1H3,(H,25,28). The number of ether oxygens (including phenoxy) is 1. The molecule has 198 valence electrons. The minimum atomic E-state index is -3.80. The molecule has 0 aromatic heterocycles. The van der Waals surface area contributed by atoms with Gasteiger partial charge in [-0.1, -0.05) is 29.3 Å². The minimum Gasteiger partial charge on any atom is -0.379 e. The van der Waals surface area contributed by atoms with E-state index in [9.17, 15) is 21.6 Å². The number of benzene rings is 2. The topological polar surface area (TPSA) is 113 Å². The maximum absolute atomic E-state index is 12.8. The molecule has 0 saturated carbocycles. The van der Waals surface area contributed by atoms with Crippen molar-refractivity contribution in [3.8, 4) is 0 Å². The Kier molecular flexibility index (Phi) is 10.3. The van der Waals surface area contributed by atoms with Gasteiger partial charge in [0.15, 0.2) is 0 Å². The number of nitrogens with zero attached hydrogens (tertiary/aromatic N) is 2. The number of halogens is 2. The van der Waals surface area contributed by atoms with Gasteiger partial charge < -0.3 is 10.1 Å². The zero-order chi connectivity index (χ0) is 26.3. The zero-order valence-corrected chi connectivity index (χ0v) is 23.5. The molecule has 3 rings (SSSR count). The quantitative estimate of drug-likeness (QED) is 0.397. The molecular weight excluding hydrogens is 569 g/mol. The first kappa shape index (κ1) is 29.0. The number of sulfonamides is 2. The Morgan fingerprint density at radius 2 is 1.75 bits per heavy atom. The van der Waals surface area contributed by atoms with E-state index in [2.05, 4.69) is 5.32 Å². The lowest BCUT2D eigenvalue weighted by atomic mass is 10.2. The van der Waals surface area contributed by atoms with Gasteiger partial charge >= 0.3 is 0 Å². The molecular formula is C22H27Cl2N3O6S3. The fraction of sp³-hybridized carbons (Fsp3) is 0.409. The van der Waals surface area contributed by atoms with E-state index in [0.29, 0.717) is 41.3 Å². The van der Waals surface area contributed by atoms with Gasteiger partial charge in [-0.25, -0.2) is 16.8 Å². The molecule has 0 aliphatic carbocycles. The van der Waals surface area contributed by atoms with Crippen LogP contribution in [0, 0.1) is 0 Å². The number of amides is 1. The largest absolute Gasteiger partial charge is 0.379 e. The number of nitrogens with one attached hydrogen (secondary N) is 1. The van der Waals surface area contributed by atoms with Crippen molar-refractivity contribution in [1.29, 1.82) is 0 Å². The van der Waals surface area contributed by atoms with Crippen LogP contribution in [0.4, 0.5) is 5.69 Å². The molecule has 1 aliphatic rings. The van der Waals surface area contributed by atoms with Crippen molar-refractivity contribution in [3.05, 3.63) is 58.1 Å². The molecule has 1 aliphatic heterocycles. The smallest absolute Gasteiger partial charge is 0.243 e. The Balaban J connectivity index is 1.56. The van der Waals surface area contributed by atoms with Gasteiger partial charge in [-0.05, 0) is 42.0 Å². The van der Waals surface area contributed by atoms with E-state index in [4.69, 9.17) is 27.9 Å². The third-order valence-electron chi connectivity index (χ3n) is 5.26. The van der Waals surface area contributed by atoms with Crippen molar-refractivity contribution >= 4 is 66.6 Å². The maximum atomic E-state index is 12.8. The number of anilines is 1. The zero-order valence-electron chi connectivity index (χ0n) is 19.5. The third-order valence-corrected chi connectivity index (χ3v) is 9.91. The highest BCUT2D eigenvalue weighted by molar-refractivity contribution is 7.98. The van der Waals surface area contributed by atoms with Crippen LogP contribution >= 0.6 is 35.0 Å². The lowest BCUT2D eigenvalue weighted by molar-refractivity contribution is -0.119. The molecule has 0 bridgehead atoms. The van der Waals surface area contributed by atoms with Crippen LogP contribution in [0.3, 0.4) is 0 Å². The van der Waals surface area contributed by atoms with Crippen LogP contribution < -0.4 is 9.62 Å². The molecule has 2 aromatic carbocycles. The lowest BCUT2D eigenvalue weighted by Gasteiger charge is -2.26. The fourth-order valence-electron chi connectivity index (χ4n) is 3.39. The van der Waals surface area contributed by atoms with Gasteiger partial charge in [-0.3, -0.25) is 9.10 Å². The molecule has 0 radical (unpaired) electrons. The lowest BCUT2D eigenvalue weighted by Crippen LogP contribution is -2.41. The van der Waals surface area contributed by atoms with Crippen LogP contribution in [-0.4, -0.2) is 78.4 Å². The second kappa shape index (κ2) is 12.8. The van der Waals surface area contributed by atoms with Crippen molar-refractivity contribution in [2.45, 2.75) is 10.6 Å². The molecule has 0 unspecified atom stereocenters. The van der Waals surface area contributed by atoms with Crippen LogP contribution in [0.15, 0.2) is 47.4 Å². The van der Waals surface area contributed by atoms with Crippen molar-refractivity contribution in [1.82, 2.24) is 9.62 Å². The molecule has 14 heteroatoms. The number of rotatable bonds is 11. The second-order valence-electron chi connectivity index (χ2n) is 7.92.